The summed E-state index contributed by atoms with van der Waals surface area (Å²) in [5.41, 5.74) is 1.39. The van der Waals surface area contributed by atoms with Crippen LogP contribution in [0.15, 0.2) is 33.8 Å². The van der Waals surface area contributed by atoms with Gasteiger partial charge in [-0.3, -0.25) is 9.88 Å². The molecule has 0 aromatic carbocycles. The van der Waals surface area contributed by atoms with Gasteiger partial charge in [0.05, 0.1) is 9.98 Å². The molecular weight excluding hydrogens is 324 g/mol. The van der Waals surface area contributed by atoms with Crippen molar-refractivity contribution in [2.75, 3.05) is 31.1 Å². The van der Waals surface area contributed by atoms with Crippen molar-refractivity contribution in [2.24, 2.45) is 0 Å². The van der Waals surface area contributed by atoms with Gasteiger partial charge in [0.1, 0.15) is 5.82 Å². The van der Waals surface area contributed by atoms with Crippen LogP contribution in [0.3, 0.4) is 0 Å². The third-order valence-electron chi connectivity index (χ3n) is 3.27. The van der Waals surface area contributed by atoms with Gasteiger partial charge in [-0.2, -0.15) is 0 Å². The van der Waals surface area contributed by atoms with Crippen LogP contribution in [-0.2, 0) is 6.54 Å². The summed E-state index contributed by atoms with van der Waals surface area (Å²) in [5, 5.41) is 2.22. The molecule has 0 bridgehead atoms. The lowest BCUT2D eigenvalue weighted by Gasteiger charge is -2.35. The van der Waals surface area contributed by atoms with Crippen LogP contribution in [0.5, 0.6) is 0 Å². The molecule has 0 aliphatic carbocycles. The summed E-state index contributed by atoms with van der Waals surface area (Å²) in [6, 6.07) is 2.21. The van der Waals surface area contributed by atoms with Gasteiger partial charge in [-0.1, -0.05) is 0 Å². The quantitative estimate of drug-likeness (QED) is 0.861. The highest BCUT2D eigenvalue weighted by atomic mass is 79.9. The van der Waals surface area contributed by atoms with Crippen LogP contribution in [0.4, 0.5) is 5.82 Å². The molecule has 0 amide bonds. The highest BCUT2D eigenvalue weighted by Gasteiger charge is 2.18. The van der Waals surface area contributed by atoms with E-state index >= 15 is 0 Å². The van der Waals surface area contributed by atoms with Crippen molar-refractivity contribution >= 4 is 33.1 Å². The Morgan fingerprint density at radius 3 is 2.68 bits per heavy atom. The lowest BCUT2D eigenvalue weighted by Crippen LogP contribution is -2.46. The minimum absolute atomic E-state index is 0.987. The van der Waals surface area contributed by atoms with E-state index in [0.717, 1.165) is 38.5 Å². The average Bonchev–Trinajstić information content (AvgIpc) is 2.86. The summed E-state index contributed by atoms with van der Waals surface area (Å²) in [6.45, 7) is 5.22. The monoisotopic (exact) mass is 338 g/mol. The van der Waals surface area contributed by atoms with Crippen LogP contribution >= 0.6 is 27.3 Å². The molecule has 19 heavy (non-hydrogen) atoms. The van der Waals surface area contributed by atoms with Crippen LogP contribution in [0, 0.1) is 0 Å². The molecule has 0 unspecified atom stereocenters. The van der Waals surface area contributed by atoms with E-state index in [1.165, 1.54) is 9.35 Å². The topological polar surface area (TPSA) is 32.3 Å². The zero-order valence-electron chi connectivity index (χ0n) is 10.5. The van der Waals surface area contributed by atoms with Gasteiger partial charge in [-0.25, -0.2) is 4.98 Å². The molecule has 1 saturated heterocycles. The van der Waals surface area contributed by atoms with E-state index in [4.69, 9.17) is 0 Å². The maximum absolute atomic E-state index is 4.36. The molecule has 2 aromatic heterocycles. The summed E-state index contributed by atoms with van der Waals surface area (Å²) in [4.78, 5) is 13.3. The first kappa shape index (κ1) is 13.0. The number of aromatic nitrogens is 2. The lowest BCUT2D eigenvalue weighted by molar-refractivity contribution is 0.249. The van der Waals surface area contributed by atoms with Crippen molar-refractivity contribution in [3.63, 3.8) is 0 Å². The van der Waals surface area contributed by atoms with Gasteiger partial charge in [-0.15, -0.1) is 11.3 Å². The van der Waals surface area contributed by atoms with Crippen LogP contribution < -0.4 is 4.90 Å². The number of halogens is 1. The van der Waals surface area contributed by atoms with Crippen molar-refractivity contribution < 1.29 is 0 Å². The van der Waals surface area contributed by atoms with Gasteiger partial charge in [0.25, 0.3) is 0 Å². The zero-order chi connectivity index (χ0) is 13.1. The predicted molar refractivity (Wildman–Crippen MR) is 81.5 cm³/mol. The molecule has 100 valence electrons. The number of thiophene rings is 1. The summed E-state index contributed by atoms with van der Waals surface area (Å²) >= 11 is 5.27. The van der Waals surface area contributed by atoms with Gasteiger partial charge in [0, 0.05) is 45.1 Å². The van der Waals surface area contributed by atoms with Crippen LogP contribution in [0.1, 0.15) is 5.56 Å². The Labute approximate surface area is 125 Å². The molecule has 0 spiro atoms. The Bertz CT molecular complexity index is 522. The lowest BCUT2D eigenvalue weighted by atomic mass is 10.2. The van der Waals surface area contributed by atoms with Crippen molar-refractivity contribution in [2.45, 2.75) is 6.54 Å². The number of rotatable bonds is 3. The molecule has 0 radical (unpaired) electrons. The molecule has 1 aliphatic heterocycles. The van der Waals surface area contributed by atoms with Gasteiger partial charge in [0.2, 0.25) is 0 Å². The Balaban J connectivity index is 1.55. The molecule has 0 atom stereocenters. The van der Waals surface area contributed by atoms with E-state index in [-0.39, 0.29) is 0 Å². The smallest absolute Gasteiger partial charge is 0.147 e. The maximum atomic E-state index is 4.36. The number of hydrogen-bond acceptors (Lipinski definition) is 5. The molecule has 0 saturated carbocycles. The minimum atomic E-state index is 0.987. The highest BCUT2D eigenvalue weighted by molar-refractivity contribution is 9.11. The summed E-state index contributed by atoms with van der Waals surface area (Å²) in [5.74, 6) is 0.987. The molecule has 4 nitrogen and oxygen atoms in total. The van der Waals surface area contributed by atoms with E-state index in [1.54, 1.807) is 23.7 Å². The number of piperazine rings is 1. The Hall–Kier alpha value is -0.980. The number of nitrogens with zero attached hydrogens (tertiary/aromatic N) is 4. The summed E-state index contributed by atoms with van der Waals surface area (Å²) < 4.78 is 1.21. The average molecular weight is 339 g/mol. The summed E-state index contributed by atoms with van der Waals surface area (Å²) in [7, 11) is 0. The van der Waals surface area contributed by atoms with Crippen LogP contribution in [0.25, 0.3) is 0 Å². The van der Waals surface area contributed by atoms with Gasteiger partial charge in [0.15, 0.2) is 0 Å². The molecule has 1 aliphatic rings. The third kappa shape index (κ3) is 3.32. The highest BCUT2D eigenvalue weighted by Crippen LogP contribution is 2.22. The molecule has 6 heteroatoms. The second kappa shape index (κ2) is 5.98. The number of hydrogen-bond donors (Lipinski definition) is 0. The van der Waals surface area contributed by atoms with E-state index < -0.39 is 0 Å². The minimum Gasteiger partial charge on any atom is -0.353 e. The largest absolute Gasteiger partial charge is 0.353 e. The van der Waals surface area contributed by atoms with Crippen molar-refractivity contribution in [1.82, 2.24) is 14.9 Å². The van der Waals surface area contributed by atoms with Crippen LogP contribution in [0.2, 0.25) is 0 Å². The van der Waals surface area contributed by atoms with Crippen LogP contribution in [-0.4, -0.2) is 41.0 Å². The van der Waals surface area contributed by atoms with E-state index in [0.29, 0.717) is 0 Å². The van der Waals surface area contributed by atoms with E-state index in [9.17, 15) is 0 Å². The Kier molecular flexibility index (Phi) is 4.10. The SMILES string of the molecule is Brc1cc(CN2CCN(c3cnccn3)CC2)cs1. The second-order valence-corrected chi connectivity index (χ2v) is 6.88. The van der Waals surface area contributed by atoms with Crippen molar-refractivity contribution in [3.05, 3.63) is 39.4 Å². The molecule has 2 aromatic rings. The Morgan fingerprint density at radius 1 is 1.21 bits per heavy atom. The molecule has 1 fully saturated rings. The van der Waals surface area contributed by atoms with E-state index in [2.05, 4.69) is 47.1 Å². The standard InChI is InChI=1S/C13H15BrN4S/c14-12-7-11(10-19-12)9-17-3-5-18(6-4-17)13-8-15-1-2-16-13/h1-2,7-8,10H,3-6,9H2. The molecule has 3 heterocycles. The molecule has 0 N–H and O–H groups in total. The normalized spacial score (nSPS) is 16.8. The third-order valence-corrected chi connectivity index (χ3v) is 4.83. The fourth-order valence-corrected chi connectivity index (χ4v) is 3.48. The van der Waals surface area contributed by atoms with Crippen molar-refractivity contribution in [1.29, 1.82) is 0 Å². The first-order valence-corrected chi connectivity index (χ1v) is 7.95. The predicted octanol–water partition coefficient (Wildman–Crippen LogP) is 2.62. The fourth-order valence-electron chi connectivity index (χ4n) is 2.28. The molecule has 3 rings (SSSR count). The zero-order valence-corrected chi connectivity index (χ0v) is 12.9. The van der Waals surface area contributed by atoms with Gasteiger partial charge in [-0.05, 0) is 32.9 Å². The molecular formula is C13H15BrN4S. The van der Waals surface area contributed by atoms with E-state index in [1.807, 2.05) is 6.20 Å². The van der Waals surface area contributed by atoms with Crippen molar-refractivity contribution in [3.8, 4) is 0 Å². The van der Waals surface area contributed by atoms with Gasteiger partial charge >= 0.3 is 0 Å². The first-order valence-electron chi connectivity index (χ1n) is 6.27. The van der Waals surface area contributed by atoms with Gasteiger partial charge < -0.3 is 4.90 Å². The first-order chi connectivity index (χ1) is 9.31. The second-order valence-electron chi connectivity index (χ2n) is 4.59. The fraction of sp³-hybridized carbons (Fsp3) is 0.385. The summed E-state index contributed by atoms with van der Waals surface area (Å²) in [6.07, 6.45) is 5.31. The number of anilines is 1. The Morgan fingerprint density at radius 2 is 2.05 bits per heavy atom. The maximum Gasteiger partial charge on any atom is 0.147 e.